The predicted molar refractivity (Wildman–Crippen MR) is 125 cm³/mol. The number of aryl methyl sites for hydroxylation is 2. The molecule has 1 aromatic heterocycles. The van der Waals surface area contributed by atoms with E-state index in [1.807, 2.05) is 38.1 Å². The monoisotopic (exact) mass is 452 g/mol. The Kier molecular flexibility index (Phi) is 6.56. The van der Waals surface area contributed by atoms with Crippen molar-refractivity contribution in [2.24, 2.45) is 7.05 Å². The fourth-order valence-corrected chi connectivity index (χ4v) is 4.90. The van der Waals surface area contributed by atoms with E-state index in [9.17, 15) is 14.7 Å². The van der Waals surface area contributed by atoms with Gasteiger partial charge < -0.3 is 19.6 Å². The van der Waals surface area contributed by atoms with E-state index in [4.69, 9.17) is 4.74 Å². The van der Waals surface area contributed by atoms with Crippen LogP contribution in [0.1, 0.15) is 48.3 Å². The van der Waals surface area contributed by atoms with Crippen LogP contribution in [0.5, 0.6) is 5.75 Å². The predicted octanol–water partition coefficient (Wildman–Crippen LogP) is 2.95. The van der Waals surface area contributed by atoms with Gasteiger partial charge in [-0.1, -0.05) is 12.1 Å². The number of aliphatic hydroxyl groups is 1. The molecule has 3 heterocycles. The van der Waals surface area contributed by atoms with Gasteiger partial charge in [0.1, 0.15) is 11.5 Å². The number of carbonyl (C=O) groups excluding carboxylic acids is 2. The van der Waals surface area contributed by atoms with Crippen LogP contribution in [0.15, 0.2) is 29.8 Å². The quantitative estimate of drug-likeness (QED) is 0.395. The lowest BCUT2D eigenvalue weighted by atomic mass is 9.94. The Labute approximate surface area is 194 Å². The zero-order chi connectivity index (χ0) is 23.7. The summed E-state index contributed by atoms with van der Waals surface area (Å²) in [6, 6.07) is 6.73. The summed E-state index contributed by atoms with van der Waals surface area (Å²) in [6.45, 7) is 9.15. The summed E-state index contributed by atoms with van der Waals surface area (Å²) in [6.07, 6.45) is 2.30. The van der Waals surface area contributed by atoms with Gasteiger partial charge in [-0.25, -0.2) is 0 Å². The van der Waals surface area contributed by atoms with Gasteiger partial charge in [-0.3, -0.25) is 14.3 Å². The van der Waals surface area contributed by atoms with Gasteiger partial charge in [-0.2, -0.15) is 5.10 Å². The molecule has 4 rings (SSSR count). The minimum absolute atomic E-state index is 0.106. The number of rotatable bonds is 7. The Bertz CT molecular complexity index is 1100. The van der Waals surface area contributed by atoms with E-state index in [1.54, 1.807) is 23.6 Å². The molecular formula is C25H32N4O4. The summed E-state index contributed by atoms with van der Waals surface area (Å²) in [5, 5.41) is 15.7. The molecule has 1 N–H and O–H groups in total. The molecule has 2 saturated heterocycles. The van der Waals surface area contributed by atoms with Crippen molar-refractivity contribution in [3.63, 3.8) is 0 Å². The van der Waals surface area contributed by atoms with Crippen molar-refractivity contribution in [2.45, 2.75) is 39.7 Å². The molecule has 1 amide bonds. The molecule has 0 spiro atoms. The Morgan fingerprint density at radius 2 is 1.91 bits per heavy atom. The third kappa shape index (κ3) is 4.27. The molecule has 2 aromatic rings. The molecule has 0 saturated carbocycles. The van der Waals surface area contributed by atoms with Gasteiger partial charge in [-0.15, -0.1) is 0 Å². The standard InChI is InChI=1S/C25H32N4O4/c1-5-33-19-10-8-9-18(15-19)22-21(23(30)20-16(2)26-27(4)17(20)3)24(31)25(32)29(22)14-13-28-11-6-7-12-28/h8-10,15,22,30H,5-7,11-14H2,1-4H3/b23-21+. The molecule has 1 aromatic carbocycles. The first-order valence-corrected chi connectivity index (χ1v) is 11.6. The van der Waals surface area contributed by atoms with Gasteiger partial charge >= 0.3 is 0 Å². The van der Waals surface area contributed by atoms with E-state index in [0.29, 0.717) is 36.7 Å². The van der Waals surface area contributed by atoms with Crippen molar-refractivity contribution in [1.82, 2.24) is 19.6 Å². The van der Waals surface area contributed by atoms with Crippen LogP contribution in [0.25, 0.3) is 5.76 Å². The molecule has 0 radical (unpaired) electrons. The van der Waals surface area contributed by atoms with Gasteiger partial charge in [0.25, 0.3) is 11.7 Å². The van der Waals surface area contributed by atoms with Gasteiger partial charge in [0.2, 0.25) is 0 Å². The summed E-state index contributed by atoms with van der Waals surface area (Å²) < 4.78 is 7.33. The van der Waals surface area contributed by atoms with E-state index < -0.39 is 17.7 Å². The highest BCUT2D eigenvalue weighted by Crippen LogP contribution is 2.41. The van der Waals surface area contributed by atoms with Crippen LogP contribution in [0.3, 0.4) is 0 Å². The lowest BCUT2D eigenvalue weighted by Crippen LogP contribution is -2.37. The minimum atomic E-state index is -0.688. The van der Waals surface area contributed by atoms with Crippen LogP contribution in [-0.4, -0.2) is 69.2 Å². The van der Waals surface area contributed by atoms with Crippen molar-refractivity contribution in [3.05, 3.63) is 52.4 Å². The van der Waals surface area contributed by atoms with Crippen LogP contribution in [-0.2, 0) is 16.6 Å². The topological polar surface area (TPSA) is 87.9 Å². The number of amides is 1. The molecule has 2 fully saturated rings. The summed E-state index contributed by atoms with van der Waals surface area (Å²) in [7, 11) is 1.79. The Balaban J connectivity index is 1.81. The number of benzene rings is 1. The number of carbonyl (C=O) groups is 2. The van der Waals surface area contributed by atoms with E-state index in [-0.39, 0.29) is 11.3 Å². The highest BCUT2D eigenvalue weighted by Gasteiger charge is 2.46. The van der Waals surface area contributed by atoms with Gasteiger partial charge in [0.05, 0.1) is 29.5 Å². The highest BCUT2D eigenvalue weighted by atomic mass is 16.5. The van der Waals surface area contributed by atoms with Gasteiger partial charge in [-0.05, 0) is 64.4 Å². The number of hydrogen-bond donors (Lipinski definition) is 1. The average molecular weight is 453 g/mol. The van der Waals surface area contributed by atoms with Crippen molar-refractivity contribution < 1.29 is 19.4 Å². The molecular weight excluding hydrogens is 420 g/mol. The lowest BCUT2D eigenvalue weighted by molar-refractivity contribution is -0.140. The van der Waals surface area contributed by atoms with E-state index in [0.717, 1.165) is 37.2 Å². The van der Waals surface area contributed by atoms with Crippen LogP contribution in [0, 0.1) is 13.8 Å². The van der Waals surface area contributed by atoms with Crippen molar-refractivity contribution in [1.29, 1.82) is 0 Å². The van der Waals surface area contributed by atoms with Crippen LogP contribution >= 0.6 is 0 Å². The SMILES string of the molecule is CCOc1cccc(C2/C(=C(\O)c3c(C)nn(C)c3C)C(=O)C(=O)N2CCN2CCCC2)c1. The van der Waals surface area contributed by atoms with E-state index in [1.165, 1.54) is 0 Å². The van der Waals surface area contributed by atoms with Crippen molar-refractivity contribution in [3.8, 4) is 5.75 Å². The van der Waals surface area contributed by atoms with Crippen molar-refractivity contribution in [2.75, 3.05) is 32.8 Å². The van der Waals surface area contributed by atoms with Crippen molar-refractivity contribution >= 4 is 17.4 Å². The maximum absolute atomic E-state index is 13.3. The third-order valence-corrected chi connectivity index (χ3v) is 6.63. The van der Waals surface area contributed by atoms with Crippen LogP contribution < -0.4 is 4.74 Å². The average Bonchev–Trinajstić information content (AvgIpc) is 3.46. The fraction of sp³-hybridized carbons (Fsp3) is 0.480. The first-order valence-electron chi connectivity index (χ1n) is 11.6. The maximum atomic E-state index is 13.3. The number of hydrogen-bond acceptors (Lipinski definition) is 6. The molecule has 8 heteroatoms. The Morgan fingerprint density at radius 1 is 1.18 bits per heavy atom. The Hall–Kier alpha value is -3.13. The summed E-state index contributed by atoms with van der Waals surface area (Å²) in [5.74, 6) is -0.758. The number of likely N-dealkylation sites (tertiary alicyclic amines) is 2. The summed E-state index contributed by atoms with van der Waals surface area (Å²) in [5.41, 5.74) is 2.69. The zero-order valence-corrected chi connectivity index (χ0v) is 19.8. The molecule has 33 heavy (non-hydrogen) atoms. The number of Topliss-reactive ketones (excluding diaryl/α,β-unsaturated/α-hetero) is 1. The lowest BCUT2D eigenvalue weighted by Gasteiger charge is -2.27. The largest absolute Gasteiger partial charge is 0.507 e. The molecule has 1 atom stereocenters. The molecule has 8 nitrogen and oxygen atoms in total. The van der Waals surface area contributed by atoms with Crippen LogP contribution in [0.2, 0.25) is 0 Å². The van der Waals surface area contributed by atoms with E-state index >= 15 is 0 Å². The Morgan fingerprint density at radius 3 is 2.55 bits per heavy atom. The number of ether oxygens (including phenoxy) is 1. The number of nitrogens with zero attached hydrogens (tertiary/aromatic N) is 4. The zero-order valence-electron chi connectivity index (χ0n) is 19.8. The molecule has 0 bridgehead atoms. The second-order valence-corrected chi connectivity index (χ2v) is 8.72. The number of ketones is 1. The molecule has 0 aliphatic carbocycles. The first-order chi connectivity index (χ1) is 15.8. The molecule has 2 aliphatic heterocycles. The summed E-state index contributed by atoms with van der Waals surface area (Å²) in [4.78, 5) is 30.4. The highest BCUT2D eigenvalue weighted by molar-refractivity contribution is 6.46. The normalized spacial score (nSPS) is 20.7. The van der Waals surface area contributed by atoms with Crippen LogP contribution in [0.4, 0.5) is 0 Å². The second-order valence-electron chi connectivity index (χ2n) is 8.72. The maximum Gasteiger partial charge on any atom is 0.295 e. The third-order valence-electron chi connectivity index (χ3n) is 6.63. The van der Waals surface area contributed by atoms with E-state index in [2.05, 4.69) is 10.00 Å². The van der Waals surface area contributed by atoms with Gasteiger partial charge in [0, 0.05) is 25.8 Å². The van der Waals surface area contributed by atoms with Gasteiger partial charge in [0.15, 0.2) is 0 Å². The summed E-state index contributed by atoms with van der Waals surface area (Å²) >= 11 is 0. The number of aliphatic hydroxyl groups excluding tert-OH is 1. The molecule has 1 unspecified atom stereocenters. The first kappa shape index (κ1) is 23.0. The fourth-order valence-electron chi connectivity index (χ4n) is 4.90. The molecule has 2 aliphatic rings. The second kappa shape index (κ2) is 9.39. The smallest absolute Gasteiger partial charge is 0.295 e. The molecule has 176 valence electrons. The number of aromatic nitrogens is 2. The minimum Gasteiger partial charge on any atom is -0.507 e.